The van der Waals surface area contributed by atoms with E-state index in [0.29, 0.717) is 52.8 Å². The Hall–Kier alpha value is -3.33. The van der Waals surface area contributed by atoms with Gasteiger partial charge in [-0.3, -0.25) is 9.48 Å². The molecule has 0 spiro atoms. The van der Waals surface area contributed by atoms with Crippen molar-refractivity contribution in [2.75, 3.05) is 13.2 Å². The van der Waals surface area contributed by atoms with E-state index in [9.17, 15) is 9.18 Å². The average Bonchev–Trinajstić information content (AvgIpc) is 3.21. The number of nitrogens with one attached hydrogen (secondary N) is 2. The van der Waals surface area contributed by atoms with Crippen LogP contribution in [0.5, 0.6) is 0 Å². The van der Waals surface area contributed by atoms with E-state index in [-0.39, 0.29) is 17.8 Å². The molecular formula is C20H19FN6O2. The molecular weight excluding hydrogens is 375 g/mol. The molecule has 0 bridgehead atoms. The fraction of sp³-hybridized carbons (Fsp3) is 0.300. The largest absolute Gasteiger partial charge is 0.381 e. The normalized spacial score (nSPS) is 15.6. The van der Waals surface area contributed by atoms with Gasteiger partial charge in [-0.1, -0.05) is 0 Å². The van der Waals surface area contributed by atoms with Crippen LogP contribution in [0.3, 0.4) is 0 Å². The Morgan fingerprint density at radius 2 is 2.24 bits per heavy atom. The third-order valence-electron chi connectivity index (χ3n) is 5.41. The molecule has 0 saturated carbocycles. The Kier molecular flexibility index (Phi) is 4.06. The molecule has 3 aromatic heterocycles. The summed E-state index contributed by atoms with van der Waals surface area (Å²) in [4.78, 5) is 24.8. The summed E-state index contributed by atoms with van der Waals surface area (Å²) in [5, 5.41) is 8.25. The molecule has 1 aliphatic heterocycles. The minimum atomic E-state index is -0.329. The van der Waals surface area contributed by atoms with Gasteiger partial charge in [0.25, 0.3) is 5.91 Å². The first-order valence-electron chi connectivity index (χ1n) is 9.36. The molecule has 5 rings (SSSR count). The summed E-state index contributed by atoms with van der Waals surface area (Å²) in [7, 11) is 1.75. The van der Waals surface area contributed by atoms with E-state index >= 15 is 0 Å². The van der Waals surface area contributed by atoms with Crippen LogP contribution in [0.1, 0.15) is 17.3 Å². The van der Waals surface area contributed by atoms with Crippen molar-refractivity contribution >= 4 is 28.0 Å². The van der Waals surface area contributed by atoms with Crippen LogP contribution in [0, 0.1) is 11.7 Å². The van der Waals surface area contributed by atoms with Gasteiger partial charge in [-0.25, -0.2) is 14.4 Å². The lowest BCUT2D eigenvalue weighted by molar-refractivity contribution is -0.0452. The fourth-order valence-electron chi connectivity index (χ4n) is 3.54. The van der Waals surface area contributed by atoms with Crippen molar-refractivity contribution in [2.45, 2.75) is 13.0 Å². The summed E-state index contributed by atoms with van der Waals surface area (Å²) in [6, 6.07) is 4.50. The second kappa shape index (κ2) is 6.63. The smallest absolute Gasteiger partial charge is 0.255 e. The van der Waals surface area contributed by atoms with E-state index in [4.69, 9.17) is 4.74 Å². The number of carbonyl (C=O) groups excluding carboxylic acids is 1. The molecule has 1 aliphatic rings. The van der Waals surface area contributed by atoms with Crippen LogP contribution in [0.2, 0.25) is 0 Å². The third kappa shape index (κ3) is 2.94. The zero-order valence-corrected chi connectivity index (χ0v) is 15.9. The van der Waals surface area contributed by atoms with Gasteiger partial charge in [0.15, 0.2) is 5.65 Å². The lowest BCUT2D eigenvalue weighted by atomic mass is 9.99. The summed E-state index contributed by atoms with van der Waals surface area (Å²) in [5.74, 6) is -0.217. The number of aromatic amines is 1. The minimum Gasteiger partial charge on any atom is -0.381 e. The van der Waals surface area contributed by atoms with Gasteiger partial charge in [0.05, 0.1) is 30.5 Å². The quantitative estimate of drug-likeness (QED) is 0.554. The highest BCUT2D eigenvalue weighted by Gasteiger charge is 2.27. The van der Waals surface area contributed by atoms with E-state index in [2.05, 4.69) is 25.4 Å². The first-order valence-corrected chi connectivity index (χ1v) is 9.36. The van der Waals surface area contributed by atoms with Crippen molar-refractivity contribution in [3.8, 4) is 11.4 Å². The Labute approximate surface area is 165 Å². The number of aryl methyl sites for hydroxylation is 1. The molecule has 1 fully saturated rings. The second-order valence-corrected chi connectivity index (χ2v) is 7.35. The van der Waals surface area contributed by atoms with Gasteiger partial charge in [-0.2, -0.15) is 5.10 Å². The van der Waals surface area contributed by atoms with E-state index in [1.807, 2.05) is 6.92 Å². The third-order valence-corrected chi connectivity index (χ3v) is 5.41. The molecule has 1 unspecified atom stereocenters. The first kappa shape index (κ1) is 17.7. The van der Waals surface area contributed by atoms with Crippen molar-refractivity contribution in [1.82, 2.24) is 30.0 Å². The van der Waals surface area contributed by atoms with Crippen molar-refractivity contribution in [3.05, 3.63) is 42.0 Å². The Bertz CT molecular complexity index is 1240. The van der Waals surface area contributed by atoms with Crippen molar-refractivity contribution < 1.29 is 13.9 Å². The summed E-state index contributed by atoms with van der Waals surface area (Å²) < 4.78 is 20.4. The summed E-state index contributed by atoms with van der Waals surface area (Å²) >= 11 is 0. The van der Waals surface area contributed by atoms with Crippen LogP contribution in [-0.2, 0) is 11.8 Å². The Balaban J connectivity index is 1.54. The predicted octanol–water partition coefficient (Wildman–Crippen LogP) is 2.42. The van der Waals surface area contributed by atoms with Crippen LogP contribution in [0.4, 0.5) is 4.39 Å². The molecule has 1 aromatic carbocycles. The SMILES string of the molecule is CC(NC(=O)c1c[nH]c2ncc(-c3nn(C)c4cc(F)ccc34)nc12)C1COC1. The number of ether oxygens (including phenoxy) is 1. The number of benzene rings is 1. The average molecular weight is 394 g/mol. The second-order valence-electron chi connectivity index (χ2n) is 7.35. The van der Waals surface area contributed by atoms with Gasteiger partial charge in [-0.15, -0.1) is 0 Å². The lowest BCUT2D eigenvalue weighted by Crippen LogP contribution is -2.46. The van der Waals surface area contributed by atoms with Crippen LogP contribution < -0.4 is 5.32 Å². The van der Waals surface area contributed by atoms with Gasteiger partial charge in [0.1, 0.15) is 22.7 Å². The first-order chi connectivity index (χ1) is 14.0. The van der Waals surface area contributed by atoms with Gasteiger partial charge in [0.2, 0.25) is 0 Å². The Morgan fingerprint density at radius 1 is 1.41 bits per heavy atom. The molecule has 4 heterocycles. The van der Waals surface area contributed by atoms with Crippen molar-refractivity contribution in [2.24, 2.45) is 13.0 Å². The number of hydrogen-bond donors (Lipinski definition) is 2. The number of rotatable bonds is 4. The molecule has 1 amide bonds. The predicted molar refractivity (Wildman–Crippen MR) is 105 cm³/mol. The molecule has 4 aromatic rings. The maximum Gasteiger partial charge on any atom is 0.255 e. The number of amides is 1. The van der Waals surface area contributed by atoms with Crippen molar-refractivity contribution in [1.29, 1.82) is 0 Å². The minimum absolute atomic E-state index is 0.00646. The molecule has 0 aliphatic carbocycles. The molecule has 8 nitrogen and oxygen atoms in total. The monoisotopic (exact) mass is 394 g/mol. The number of H-pyrrole nitrogens is 1. The summed E-state index contributed by atoms with van der Waals surface area (Å²) in [6.07, 6.45) is 3.21. The summed E-state index contributed by atoms with van der Waals surface area (Å²) in [5.41, 5.74) is 3.18. The van der Waals surface area contributed by atoms with Crippen LogP contribution in [-0.4, -0.2) is 49.9 Å². The van der Waals surface area contributed by atoms with Gasteiger partial charge < -0.3 is 15.0 Å². The molecule has 1 saturated heterocycles. The zero-order valence-electron chi connectivity index (χ0n) is 15.9. The molecule has 0 radical (unpaired) electrons. The van der Waals surface area contributed by atoms with Crippen LogP contribution in [0.25, 0.3) is 33.5 Å². The molecule has 29 heavy (non-hydrogen) atoms. The summed E-state index contributed by atoms with van der Waals surface area (Å²) in [6.45, 7) is 3.29. The van der Waals surface area contributed by atoms with Crippen LogP contribution >= 0.6 is 0 Å². The van der Waals surface area contributed by atoms with Gasteiger partial charge >= 0.3 is 0 Å². The zero-order chi connectivity index (χ0) is 20.1. The standard InChI is InChI=1S/C20H19FN6O2/c1-10(11-8-29-9-11)24-20(28)14-6-22-19-18(14)25-15(7-23-19)17-13-4-3-12(21)5-16(13)27(2)26-17/h3-7,10-11H,8-9H2,1-2H3,(H,22,23)(H,24,28). The number of nitrogens with zero attached hydrogens (tertiary/aromatic N) is 4. The highest BCUT2D eigenvalue weighted by atomic mass is 19.1. The Morgan fingerprint density at radius 3 is 3.00 bits per heavy atom. The molecule has 148 valence electrons. The van der Waals surface area contributed by atoms with E-state index < -0.39 is 0 Å². The number of fused-ring (bicyclic) bond motifs is 2. The highest BCUT2D eigenvalue weighted by Crippen LogP contribution is 2.28. The lowest BCUT2D eigenvalue weighted by Gasteiger charge is -2.31. The number of aromatic nitrogens is 5. The van der Waals surface area contributed by atoms with Gasteiger partial charge in [0, 0.05) is 30.6 Å². The van der Waals surface area contributed by atoms with Crippen LogP contribution in [0.15, 0.2) is 30.6 Å². The van der Waals surface area contributed by atoms with Crippen molar-refractivity contribution in [3.63, 3.8) is 0 Å². The maximum atomic E-state index is 13.6. The van der Waals surface area contributed by atoms with E-state index in [0.717, 1.165) is 5.39 Å². The van der Waals surface area contributed by atoms with Gasteiger partial charge in [-0.05, 0) is 25.1 Å². The molecule has 2 N–H and O–H groups in total. The fourth-order valence-corrected chi connectivity index (χ4v) is 3.54. The molecule has 9 heteroatoms. The number of hydrogen-bond acceptors (Lipinski definition) is 5. The highest BCUT2D eigenvalue weighted by molar-refractivity contribution is 6.05. The maximum absolute atomic E-state index is 13.6. The van der Waals surface area contributed by atoms with E-state index in [1.165, 1.54) is 12.1 Å². The van der Waals surface area contributed by atoms with E-state index in [1.54, 1.807) is 30.2 Å². The number of halogens is 1. The topological polar surface area (TPSA) is 97.7 Å². The number of carbonyl (C=O) groups is 1. The molecule has 1 atom stereocenters.